The Morgan fingerprint density at radius 1 is 1.03 bits per heavy atom. The van der Waals surface area contributed by atoms with E-state index in [-0.39, 0.29) is 21.3 Å². The Kier molecular flexibility index (Phi) is 6.21. The molecular weight excluding hydrogens is 456 g/mol. The van der Waals surface area contributed by atoms with Gasteiger partial charge in [-0.25, -0.2) is 9.78 Å². The number of amides is 1. The Balaban J connectivity index is 1.91. The molecule has 1 fully saturated rings. The number of aromatic nitrogens is 1. The molecule has 2 heterocycles. The Bertz CT molecular complexity index is 1310. The van der Waals surface area contributed by atoms with Gasteiger partial charge in [0, 0.05) is 5.56 Å². The van der Waals surface area contributed by atoms with Gasteiger partial charge in [0.05, 0.1) is 31.5 Å². The average Bonchev–Trinajstić information content (AvgIpc) is 3.35. The number of Topliss-reactive ketones (excluding diaryl/α,β-unsaturated/α-hetero) is 1. The first kappa shape index (κ1) is 23.2. The smallest absolute Gasteiger partial charge is 0.350 e. The molecule has 174 valence electrons. The van der Waals surface area contributed by atoms with E-state index in [9.17, 15) is 19.5 Å². The number of methoxy groups -OCH3 is 2. The number of aliphatic hydroxyl groups excluding tert-OH is 1. The number of benzene rings is 2. The first-order valence-corrected chi connectivity index (χ1v) is 11.2. The van der Waals surface area contributed by atoms with Gasteiger partial charge in [0.2, 0.25) is 0 Å². The number of ether oxygens (including phenoxy) is 2. The second kappa shape index (κ2) is 9.11. The minimum atomic E-state index is -0.932. The standard InChI is InChI=1S/C25H22N2O6S/c1-13-5-7-15(8-6-13)19-18(20(28)16-9-11-17(32-3)12-10-16)21(29)23(30)27(19)25-26-14(2)22(34-25)24(31)33-4/h5-12,19,28H,1-4H3/b20-18-. The van der Waals surface area contributed by atoms with Crippen molar-refractivity contribution in [2.24, 2.45) is 0 Å². The van der Waals surface area contributed by atoms with Crippen LogP contribution in [0.2, 0.25) is 0 Å². The van der Waals surface area contributed by atoms with Crippen molar-refractivity contribution in [2.45, 2.75) is 19.9 Å². The Hall–Kier alpha value is -3.98. The van der Waals surface area contributed by atoms with Crippen molar-refractivity contribution >= 4 is 39.9 Å². The first-order chi connectivity index (χ1) is 16.3. The van der Waals surface area contributed by atoms with Crippen LogP contribution in [-0.4, -0.2) is 42.0 Å². The normalized spacial score (nSPS) is 17.2. The zero-order valence-electron chi connectivity index (χ0n) is 19.0. The molecule has 34 heavy (non-hydrogen) atoms. The van der Waals surface area contributed by atoms with Crippen molar-refractivity contribution in [1.29, 1.82) is 0 Å². The van der Waals surface area contributed by atoms with Gasteiger partial charge in [0.25, 0.3) is 5.78 Å². The van der Waals surface area contributed by atoms with Gasteiger partial charge in [-0.05, 0) is 43.7 Å². The van der Waals surface area contributed by atoms with Crippen LogP contribution in [0.3, 0.4) is 0 Å². The largest absolute Gasteiger partial charge is 0.507 e. The van der Waals surface area contributed by atoms with E-state index in [0.717, 1.165) is 16.9 Å². The molecule has 1 aromatic heterocycles. The molecule has 1 unspecified atom stereocenters. The molecule has 1 aliphatic heterocycles. The minimum absolute atomic E-state index is 0.0634. The highest BCUT2D eigenvalue weighted by molar-refractivity contribution is 7.17. The number of rotatable bonds is 5. The lowest BCUT2D eigenvalue weighted by Crippen LogP contribution is -2.29. The summed E-state index contributed by atoms with van der Waals surface area (Å²) in [5, 5.41) is 11.3. The summed E-state index contributed by atoms with van der Waals surface area (Å²) in [7, 11) is 2.78. The summed E-state index contributed by atoms with van der Waals surface area (Å²) in [4.78, 5) is 44.4. The average molecular weight is 479 g/mol. The van der Waals surface area contributed by atoms with E-state index in [1.807, 2.05) is 19.1 Å². The van der Waals surface area contributed by atoms with Gasteiger partial charge in [-0.15, -0.1) is 0 Å². The van der Waals surface area contributed by atoms with Crippen LogP contribution in [0.15, 0.2) is 54.1 Å². The third-order valence-electron chi connectivity index (χ3n) is 5.56. The predicted octanol–water partition coefficient (Wildman–Crippen LogP) is 4.18. The van der Waals surface area contributed by atoms with Gasteiger partial charge >= 0.3 is 11.9 Å². The maximum Gasteiger partial charge on any atom is 0.350 e. The fourth-order valence-corrected chi connectivity index (χ4v) is 4.78. The number of hydrogen-bond acceptors (Lipinski definition) is 8. The number of aryl methyl sites for hydroxylation is 2. The zero-order chi connectivity index (χ0) is 24.6. The topological polar surface area (TPSA) is 106 Å². The summed E-state index contributed by atoms with van der Waals surface area (Å²) in [5.74, 6) is -1.99. The van der Waals surface area contributed by atoms with E-state index in [1.54, 1.807) is 43.3 Å². The molecule has 1 atom stereocenters. The predicted molar refractivity (Wildman–Crippen MR) is 127 cm³/mol. The highest BCUT2D eigenvalue weighted by Gasteiger charge is 2.48. The second-order valence-electron chi connectivity index (χ2n) is 7.71. The minimum Gasteiger partial charge on any atom is -0.507 e. The molecule has 9 heteroatoms. The van der Waals surface area contributed by atoms with Crippen molar-refractivity contribution in [2.75, 3.05) is 19.1 Å². The monoisotopic (exact) mass is 478 g/mol. The van der Waals surface area contributed by atoms with Crippen molar-refractivity contribution in [3.05, 3.63) is 81.4 Å². The van der Waals surface area contributed by atoms with Crippen LogP contribution >= 0.6 is 11.3 Å². The summed E-state index contributed by atoms with van der Waals surface area (Å²) < 4.78 is 9.96. The van der Waals surface area contributed by atoms with E-state index in [4.69, 9.17) is 9.47 Å². The molecule has 0 bridgehead atoms. The molecular formula is C25H22N2O6S. The van der Waals surface area contributed by atoms with Crippen molar-refractivity contribution < 1.29 is 29.0 Å². The van der Waals surface area contributed by atoms with Crippen molar-refractivity contribution in [3.63, 3.8) is 0 Å². The lowest BCUT2D eigenvalue weighted by molar-refractivity contribution is -0.132. The van der Waals surface area contributed by atoms with Crippen LogP contribution in [0, 0.1) is 13.8 Å². The highest BCUT2D eigenvalue weighted by Crippen LogP contribution is 2.44. The van der Waals surface area contributed by atoms with Crippen LogP contribution in [0.25, 0.3) is 5.76 Å². The lowest BCUT2D eigenvalue weighted by atomic mass is 9.95. The zero-order valence-corrected chi connectivity index (χ0v) is 19.8. The van der Waals surface area contributed by atoms with Crippen LogP contribution in [0.5, 0.6) is 5.75 Å². The maximum absolute atomic E-state index is 13.2. The Morgan fingerprint density at radius 2 is 1.68 bits per heavy atom. The number of anilines is 1. The van der Waals surface area contributed by atoms with Crippen molar-refractivity contribution in [3.8, 4) is 5.75 Å². The van der Waals surface area contributed by atoms with Gasteiger partial charge in [-0.2, -0.15) is 0 Å². The summed E-state index contributed by atoms with van der Waals surface area (Å²) >= 11 is 0.958. The van der Waals surface area contributed by atoms with Crippen LogP contribution in [0.1, 0.15) is 38.1 Å². The molecule has 4 rings (SSSR count). The summed E-state index contributed by atoms with van der Waals surface area (Å²) in [5.41, 5.74) is 2.29. The molecule has 3 aromatic rings. The second-order valence-corrected chi connectivity index (χ2v) is 8.69. The van der Waals surface area contributed by atoms with Gasteiger partial charge in [-0.3, -0.25) is 14.5 Å². The molecule has 1 saturated heterocycles. The van der Waals surface area contributed by atoms with Crippen LogP contribution < -0.4 is 9.64 Å². The molecule has 1 N–H and O–H groups in total. The van der Waals surface area contributed by atoms with E-state index >= 15 is 0 Å². The molecule has 1 amide bonds. The molecule has 1 aliphatic rings. The SMILES string of the molecule is COC(=O)c1sc(N2C(=O)C(=O)/C(=C(\O)c3ccc(OC)cc3)C2c2ccc(C)cc2)nc1C. The first-order valence-electron chi connectivity index (χ1n) is 10.3. The molecule has 0 saturated carbocycles. The fourth-order valence-electron chi connectivity index (χ4n) is 3.77. The van der Waals surface area contributed by atoms with E-state index in [2.05, 4.69) is 4.98 Å². The summed E-state index contributed by atoms with van der Waals surface area (Å²) in [6, 6.07) is 12.9. The number of thiazole rings is 1. The molecule has 2 aromatic carbocycles. The Labute approximate surface area is 200 Å². The van der Waals surface area contributed by atoms with Gasteiger partial charge in [0.15, 0.2) is 5.13 Å². The van der Waals surface area contributed by atoms with Gasteiger partial charge in [-0.1, -0.05) is 41.2 Å². The lowest BCUT2D eigenvalue weighted by Gasteiger charge is -2.23. The van der Waals surface area contributed by atoms with E-state index < -0.39 is 23.7 Å². The summed E-state index contributed by atoms with van der Waals surface area (Å²) in [6.45, 7) is 3.55. The van der Waals surface area contributed by atoms with E-state index in [1.165, 1.54) is 19.1 Å². The van der Waals surface area contributed by atoms with Gasteiger partial charge < -0.3 is 14.6 Å². The number of esters is 1. The number of carbonyl (C=O) groups excluding carboxylic acids is 3. The summed E-state index contributed by atoms with van der Waals surface area (Å²) in [6.07, 6.45) is 0. The van der Waals surface area contributed by atoms with Crippen LogP contribution in [0.4, 0.5) is 5.13 Å². The Morgan fingerprint density at radius 3 is 2.26 bits per heavy atom. The number of ketones is 1. The number of carbonyl (C=O) groups is 3. The van der Waals surface area contributed by atoms with Crippen LogP contribution in [-0.2, 0) is 14.3 Å². The number of hydrogen-bond donors (Lipinski definition) is 1. The number of aliphatic hydroxyl groups is 1. The third-order valence-corrected chi connectivity index (χ3v) is 6.70. The van der Waals surface area contributed by atoms with Crippen molar-refractivity contribution in [1.82, 2.24) is 4.98 Å². The quantitative estimate of drug-likeness (QED) is 0.254. The molecule has 0 aliphatic carbocycles. The van der Waals surface area contributed by atoms with Gasteiger partial charge in [0.1, 0.15) is 16.4 Å². The molecule has 8 nitrogen and oxygen atoms in total. The fraction of sp³-hybridized carbons (Fsp3) is 0.200. The molecule has 0 spiro atoms. The maximum atomic E-state index is 13.2. The third kappa shape index (κ3) is 3.94. The molecule has 0 radical (unpaired) electrons. The van der Waals surface area contributed by atoms with E-state index in [0.29, 0.717) is 22.6 Å². The highest BCUT2D eigenvalue weighted by atomic mass is 32.1. The number of nitrogens with zero attached hydrogens (tertiary/aromatic N) is 2.